The molecule has 2 heterocycles. The van der Waals surface area contributed by atoms with Crippen molar-refractivity contribution in [3.63, 3.8) is 0 Å². The molecule has 37 heavy (non-hydrogen) atoms. The van der Waals surface area contributed by atoms with Crippen LogP contribution in [0.2, 0.25) is 0 Å². The van der Waals surface area contributed by atoms with Gasteiger partial charge in [0.25, 0.3) is 5.78 Å². The molecule has 1 aliphatic heterocycles. The van der Waals surface area contributed by atoms with Gasteiger partial charge in [-0.25, -0.2) is 9.37 Å². The Kier molecular flexibility index (Phi) is 6.35. The lowest BCUT2D eigenvalue weighted by atomic mass is 9.95. The van der Waals surface area contributed by atoms with Crippen LogP contribution in [0.5, 0.6) is 5.75 Å². The molecule has 6 nitrogen and oxygen atoms in total. The summed E-state index contributed by atoms with van der Waals surface area (Å²) in [5, 5.41) is 11.6. The minimum atomic E-state index is -0.973. The van der Waals surface area contributed by atoms with E-state index in [0.717, 1.165) is 21.3 Å². The second-order valence-corrected chi connectivity index (χ2v) is 9.78. The number of thiazole rings is 1. The quantitative estimate of drug-likeness (QED) is 0.143. The predicted molar refractivity (Wildman–Crippen MR) is 142 cm³/mol. The van der Waals surface area contributed by atoms with Crippen molar-refractivity contribution < 1.29 is 23.8 Å². The van der Waals surface area contributed by atoms with Gasteiger partial charge in [-0.15, -0.1) is 0 Å². The van der Waals surface area contributed by atoms with Gasteiger partial charge in [0.15, 0.2) is 5.13 Å². The second-order valence-electron chi connectivity index (χ2n) is 8.77. The molecule has 1 aliphatic rings. The van der Waals surface area contributed by atoms with Crippen LogP contribution >= 0.6 is 11.3 Å². The molecule has 0 spiro atoms. The van der Waals surface area contributed by atoms with E-state index in [1.165, 1.54) is 40.5 Å². The molecule has 0 bridgehead atoms. The smallest absolute Gasteiger partial charge is 0.301 e. The summed E-state index contributed by atoms with van der Waals surface area (Å²) in [6, 6.07) is 15.1. The van der Waals surface area contributed by atoms with Gasteiger partial charge in [-0.1, -0.05) is 42.2 Å². The van der Waals surface area contributed by atoms with Crippen LogP contribution < -0.4 is 9.64 Å². The number of hydrogen-bond acceptors (Lipinski definition) is 6. The highest BCUT2D eigenvalue weighted by Crippen LogP contribution is 2.45. The topological polar surface area (TPSA) is 79.7 Å². The highest BCUT2D eigenvalue weighted by Gasteiger charge is 2.48. The Morgan fingerprint density at radius 1 is 1.16 bits per heavy atom. The molecule has 0 radical (unpaired) electrons. The number of fused-ring (bicyclic) bond motifs is 1. The van der Waals surface area contributed by atoms with Crippen LogP contribution in [-0.4, -0.2) is 28.4 Å². The molecule has 1 N–H and O–H groups in total. The van der Waals surface area contributed by atoms with Gasteiger partial charge >= 0.3 is 5.91 Å². The highest BCUT2D eigenvalue weighted by atomic mass is 32.1. The fourth-order valence-corrected chi connectivity index (χ4v) is 5.67. The Bertz CT molecular complexity index is 1590. The summed E-state index contributed by atoms with van der Waals surface area (Å²) in [5.74, 6) is -2.02. The molecule has 1 saturated heterocycles. The zero-order chi connectivity index (χ0) is 26.3. The lowest BCUT2D eigenvalue weighted by Gasteiger charge is -2.23. The van der Waals surface area contributed by atoms with Gasteiger partial charge in [-0.3, -0.25) is 14.5 Å². The summed E-state index contributed by atoms with van der Waals surface area (Å²) in [5.41, 5.74) is 3.42. The number of aryl methyl sites for hydroxylation is 2. The number of carbonyl (C=O) groups excluding carboxylic acids is 2. The van der Waals surface area contributed by atoms with E-state index >= 15 is 0 Å². The molecule has 3 aromatic carbocycles. The van der Waals surface area contributed by atoms with Gasteiger partial charge in [0.2, 0.25) is 0 Å². The van der Waals surface area contributed by atoms with E-state index < -0.39 is 29.3 Å². The summed E-state index contributed by atoms with van der Waals surface area (Å²) < 4.78 is 20.1. The molecule has 8 heteroatoms. The third-order valence-corrected chi connectivity index (χ3v) is 7.13. The largest absolute Gasteiger partial charge is 0.507 e. The first kappa shape index (κ1) is 24.4. The molecule has 5 rings (SSSR count). The number of aromatic nitrogens is 1. The number of rotatable bonds is 6. The van der Waals surface area contributed by atoms with Crippen molar-refractivity contribution in [1.82, 2.24) is 4.98 Å². The van der Waals surface area contributed by atoms with Crippen molar-refractivity contribution in [2.24, 2.45) is 0 Å². The van der Waals surface area contributed by atoms with Crippen molar-refractivity contribution in [1.29, 1.82) is 0 Å². The average molecular weight is 515 g/mol. The number of halogens is 1. The number of Topliss-reactive ketones (excluding diaryl/α,β-unsaturated/α-hetero) is 1. The van der Waals surface area contributed by atoms with Gasteiger partial charge in [0.05, 0.1) is 21.8 Å². The summed E-state index contributed by atoms with van der Waals surface area (Å²) in [6.07, 6.45) is 1.61. The fraction of sp³-hybridized carbons (Fsp3) is 0.138. The van der Waals surface area contributed by atoms with Crippen LogP contribution in [0.25, 0.3) is 16.0 Å². The molecule has 1 fully saturated rings. The van der Waals surface area contributed by atoms with E-state index in [0.29, 0.717) is 16.4 Å². The summed E-state index contributed by atoms with van der Waals surface area (Å²) in [6.45, 7) is 7.86. The molecule has 1 unspecified atom stereocenters. The van der Waals surface area contributed by atoms with Gasteiger partial charge in [-0.2, -0.15) is 0 Å². The lowest BCUT2D eigenvalue weighted by Crippen LogP contribution is -2.29. The Morgan fingerprint density at radius 2 is 1.92 bits per heavy atom. The normalized spacial score (nSPS) is 16.9. The first-order valence-electron chi connectivity index (χ1n) is 11.6. The molecule has 0 aliphatic carbocycles. The van der Waals surface area contributed by atoms with Crippen molar-refractivity contribution in [3.05, 3.63) is 107 Å². The van der Waals surface area contributed by atoms with E-state index in [4.69, 9.17) is 9.72 Å². The minimum absolute atomic E-state index is 0.107. The highest BCUT2D eigenvalue weighted by molar-refractivity contribution is 7.22. The van der Waals surface area contributed by atoms with Gasteiger partial charge in [0.1, 0.15) is 23.9 Å². The molecule has 4 aromatic rings. The maximum absolute atomic E-state index is 13.5. The van der Waals surface area contributed by atoms with Crippen LogP contribution in [0.3, 0.4) is 0 Å². The summed E-state index contributed by atoms with van der Waals surface area (Å²) >= 11 is 1.30. The number of anilines is 1. The molecule has 186 valence electrons. The molecular weight excluding hydrogens is 491 g/mol. The maximum atomic E-state index is 13.5. The van der Waals surface area contributed by atoms with E-state index in [1.54, 1.807) is 30.3 Å². The summed E-state index contributed by atoms with van der Waals surface area (Å²) in [4.78, 5) is 32.9. The number of carbonyl (C=O) groups is 2. The van der Waals surface area contributed by atoms with Crippen LogP contribution in [0.15, 0.2) is 78.9 Å². The van der Waals surface area contributed by atoms with Crippen molar-refractivity contribution >= 4 is 44.1 Å². The molecular formula is C29H23FN2O4S. The van der Waals surface area contributed by atoms with Gasteiger partial charge < -0.3 is 9.84 Å². The standard InChI is InChI=1S/C29H23FN2O4S/c1-4-12-36-21-7-5-6-19(15-21)25-23(26(33)18-8-10-20(30)11-9-18)27(34)28(35)32(25)29-31-24-17(3)13-16(2)14-22(24)37-29/h4-11,13-15,25,33H,1,12H2,2-3H3. The first-order chi connectivity index (χ1) is 17.8. The zero-order valence-corrected chi connectivity index (χ0v) is 21.0. The minimum Gasteiger partial charge on any atom is -0.507 e. The Labute approximate surface area is 217 Å². The molecule has 1 atom stereocenters. The Hall–Kier alpha value is -4.30. The van der Waals surface area contributed by atoms with Crippen molar-refractivity contribution in [2.75, 3.05) is 11.5 Å². The number of aliphatic hydroxyl groups is 1. The summed E-state index contributed by atoms with van der Waals surface area (Å²) in [7, 11) is 0. The number of ether oxygens (including phenoxy) is 1. The van der Waals surface area contributed by atoms with Gasteiger partial charge in [0, 0.05) is 5.56 Å². The van der Waals surface area contributed by atoms with Crippen molar-refractivity contribution in [3.8, 4) is 5.75 Å². The van der Waals surface area contributed by atoms with Crippen LogP contribution in [0.1, 0.15) is 28.3 Å². The number of aliphatic hydroxyl groups excluding tert-OH is 1. The Balaban J connectivity index is 1.72. The first-order valence-corrected chi connectivity index (χ1v) is 12.4. The number of nitrogens with zero attached hydrogens (tertiary/aromatic N) is 2. The predicted octanol–water partition coefficient (Wildman–Crippen LogP) is 6.24. The fourth-order valence-electron chi connectivity index (χ4n) is 4.50. The van der Waals surface area contributed by atoms with Crippen molar-refractivity contribution in [2.45, 2.75) is 19.9 Å². The third-order valence-electron chi connectivity index (χ3n) is 6.13. The molecule has 1 aromatic heterocycles. The van der Waals surface area contributed by atoms with Crippen LogP contribution in [0.4, 0.5) is 9.52 Å². The van der Waals surface area contributed by atoms with Crippen LogP contribution in [-0.2, 0) is 9.59 Å². The van der Waals surface area contributed by atoms with Crippen LogP contribution in [0, 0.1) is 19.7 Å². The second kappa shape index (κ2) is 9.63. The molecule has 1 amide bonds. The third kappa shape index (κ3) is 4.40. The number of amides is 1. The van der Waals surface area contributed by atoms with E-state index in [2.05, 4.69) is 6.58 Å². The number of benzene rings is 3. The maximum Gasteiger partial charge on any atom is 0.301 e. The van der Waals surface area contributed by atoms with E-state index in [-0.39, 0.29) is 17.7 Å². The monoisotopic (exact) mass is 514 g/mol. The average Bonchev–Trinajstić information content (AvgIpc) is 3.41. The number of ketones is 1. The van der Waals surface area contributed by atoms with E-state index in [9.17, 15) is 19.1 Å². The lowest BCUT2D eigenvalue weighted by molar-refractivity contribution is -0.132. The van der Waals surface area contributed by atoms with Gasteiger partial charge in [-0.05, 0) is 73.0 Å². The number of hydrogen-bond donors (Lipinski definition) is 1. The zero-order valence-electron chi connectivity index (χ0n) is 20.2. The Morgan fingerprint density at radius 3 is 2.65 bits per heavy atom. The SMILES string of the molecule is C=CCOc1cccc(C2C(=C(O)c3ccc(F)cc3)C(=O)C(=O)N2c2nc3c(C)cc(C)cc3s2)c1. The molecule has 0 saturated carbocycles. The van der Waals surface area contributed by atoms with E-state index in [1.807, 2.05) is 26.0 Å².